The molecule has 0 radical (unpaired) electrons. The average molecular weight is 288 g/mol. The molecule has 0 unspecified atom stereocenters. The topological polar surface area (TPSA) is 40.6 Å². The molecule has 0 saturated carbocycles. The standard InChI is InChI=1S/C10H19F3N2O2S/c1-9(2,3)14-4-6-15(7-5-14)18(16,17)8-10(11,12)13/h4-8H2,1-3H3. The van der Waals surface area contributed by atoms with Crippen LogP contribution >= 0.6 is 0 Å². The van der Waals surface area contributed by atoms with Crippen molar-refractivity contribution < 1.29 is 21.6 Å². The molecule has 0 spiro atoms. The Balaban J connectivity index is 2.63. The van der Waals surface area contributed by atoms with Gasteiger partial charge in [-0.3, -0.25) is 4.90 Å². The zero-order valence-electron chi connectivity index (χ0n) is 10.8. The number of alkyl halides is 3. The predicted octanol–water partition coefficient (Wildman–Crippen LogP) is 1.29. The minimum atomic E-state index is -4.68. The van der Waals surface area contributed by atoms with E-state index in [4.69, 9.17) is 0 Å². The second kappa shape index (κ2) is 4.97. The molecule has 0 bridgehead atoms. The third kappa shape index (κ3) is 4.40. The van der Waals surface area contributed by atoms with Crippen LogP contribution in [-0.2, 0) is 10.0 Å². The first-order chi connectivity index (χ1) is 7.92. The summed E-state index contributed by atoms with van der Waals surface area (Å²) in [6.07, 6.45) is -4.68. The van der Waals surface area contributed by atoms with Crippen LogP contribution in [0.25, 0.3) is 0 Å². The van der Waals surface area contributed by atoms with Crippen LogP contribution in [0.5, 0.6) is 0 Å². The lowest BCUT2D eigenvalue weighted by Crippen LogP contribution is -2.55. The normalized spacial score (nSPS) is 21.2. The van der Waals surface area contributed by atoms with E-state index in [-0.39, 0.29) is 18.6 Å². The maximum absolute atomic E-state index is 12.2. The van der Waals surface area contributed by atoms with Gasteiger partial charge in [0.2, 0.25) is 10.0 Å². The summed E-state index contributed by atoms with van der Waals surface area (Å²) >= 11 is 0. The van der Waals surface area contributed by atoms with E-state index in [2.05, 4.69) is 4.90 Å². The van der Waals surface area contributed by atoms with Crippen LogP contribution in [0.15, 0.2) is 0 Å². The molecule has 18 heavy (non-hydrogen) atoms. The number of hydrogen-bond acceptors (Lipinski definition) is 3. The van der Waals surface area contributed by atoms with Gasteiger partial charge < -0.3 is 0 Å². The van der Waals surface area contributed by atoms with Gasteiger partial charge in [0.15, 0.2) is 5.75 Å². The molecule has 0 N–H and O–H groups in total. The maximum Gasteiger partial charge on any atom is 0.404 e. The van der Waals surface area contributed by atoms with E-state index < -0.39 is 22.0 Å². The van der Waals surface area contributed by atoms with Crippen molar-refractivity contribution in [1.82, 2.24) is 9.21 Å². The molecule has 1 aliphatic heterocycles. The molecule has 0 aromatic rings. The highest BCUT2D eigenvalue weighted by Gasteiger charge is 2.40. The quantitative estimate of drug-likeness (QED) is 0.769. The van der Waals surface area contributed by atoms with Crippen molar-refractivity contribution in [2.24, 2.45) is 0 Å². The van der Waals surface area contributed by atoms with Gasteiger partial charge in [0, 0.05) is 31.7 Å². The Morgan fingerprint density at radius 3 is 1.78 bits per heavy atom. The van der Waals surface area contributed by atoms with Crippen LogP contribution in [-0.4, -0.2) is 61.3 Å². The largest absolute Gasteiger partial charge is 0.404 e. The van der Waals surface area contributed by atoms with Crippen molar-refractivity contribution in [2.45, 2.75) is 32.5 Å². The number of rotatable bonds is 2. The Morgan fingerprint density at radius 2 is 1.44 bits per heavy atom. The van der Waals surface area contributed by atoms with Crippen molar-refractivity contribution in [3.63, 3.8) is 0 Å². The molecule has 0 aromatic heterocycles. The Kier molecular flexibility index (Phi) is 4.34. The van der Waals surface area contributed by atoms with E-state index in [0.29, 0.717) is 13.1 Å². The SMILES string of the molecule is CC(C)(C)N1CCN(S(=O)(=O)CC(F)(F)F)CC1. The first kappa shape index (κ1) is 15.7. The summed E-state index contributed by atoms with van der Waals surface area (Å²) < 4.78 is 60.5. The summed E-state index contributed by atoms with van der Waals surface area (Å²) in [5.41, 5.74) is -0.0973. The van der Waals surface area contributed by atoms with Crippen molar-refractivity contribution in [2.75, 3.05) is 31.9 Å². The molecule has 1 heterocycles. The minimum absolute atomic E-state index is 0.0973. The Labute approximate surface area is 106 Å². The number of hydrogen-bond donors (Lipinski definition) is 0. The summed E-state index contributed by atoms with van der Waals surface area (Å²) in [6.45, 7) is 7.14. The fourth-order valence-electron chi connectivity index (χ4n) is 1.94. The molecule has 1 fully saturated rings. The van der Waals surface area contributed by atoms with Gasteiger partial charge in [-0.2, -0.15) is 17.5 Å². The van der Waals surface area contributed by atoms with Gasteiger partial charge in [-0.15, -0.1) is 0 Å². The van der Waals surface area contributed by atoms with Gasteiger partial charge in [-0.25, -0.2) is 8.42 Å². The molecule has 8 heteroatoms. The molecule has 0 aliphatic carbocycles. The van der Waals surface area contributed by atoms with E-state index >= 15 is 0 Å². The van der Waals surface area contributed by atoms with E-state index in [1.807, 2.05) is 20.8 Å². The van der Waals surface area contributed by atoms with E-state index in [1.54, 1.807) is 0 Å². The first-order valence-electron chi connectivity index (χ1n) is 5.71. The van der Waals surface area contributed by atoms with E-state index in [1.165, 1.54) is 0 Å². The fraction of sp³-hybridized carbons (Fsp3) is 1.00. The molecular formula is C10H19F3N2O2S. The number of piperazine rings is 1. The highest BCUT2D eigenvalue weighted by molar-refractivity contribution is 7.89. The molecule has 1 saturated heterocycles. The summed E-state index contributed by atoms with van der Waals surface area (Å²) in [6, 6.07) is 0. The third-order valence-corrected chi connectivity index (χ3v) is 4.77. The van der Waals surface area contributed by atoms with Gasteiger partial charge >= 0.3 is 6.18 Å². The van der Waals surface area contributed by atoms with Gasteiger partial charge in [0.05, 0.1) is 0 Å². The fourth-order valence-corrected chi connectivity index (χ4v) is 3.25. The maximum atomic E-state index is 12.2. The zero-order valence-corrected chi connectivity index (χ0v) is 11.6. The molecule has 4 nitrogen and oxygen atoms in total. The lowest BCUT2D eigenvalue weighted by atomic mass is 10.1. The lowest BCUT2D eigenvalue weighted by molar-refractivity contribution is -0.107. The number of nitrogens with zero attached hydrogens (tertiary/aromatic N) is 2. The number of sulfonamides is 1. The number of halogens is 3. The summed E-state index contributed by atoms with van der Waals surface area (Å²) in [5, 5.41) is 0. The smallest absolute Gasteiger partial charge is 0.296 e. The first-order valence-corrected chi connectivity index (χ1v) is 7.32. The Morgan fingerprint density at radius 1 is 1.00 bits per heavy atom. The highest BCUT2D eigenvalue weighted by atomic mass is 32.2. The second-order valence-electron chi connectivity index (χ2n) is 5.43. The van der Waals surface area contributed by atoms with E-state index in [0.717, 1.165) is 4.31 Å². The van der Waals surface area contributed by atoms with Crippen LogP contribution in [0.3, 0.4) is 0 Å². The van der Waals surface area contributed by atoms with Gasteiger partial charge in [-0.1, -0.05) is 0 Å². The van der Waals surface area contributed by atoms with Gasteiger partial charge in [-0.05, 0) is 20.8 Å². The van der Waals surface area contributed by atoms with Crippen molar-refractivity contribution in [1.29, 1.82) is 0 Å². The minimum Gasteiger partial charge on any atom is -0.296 e. The van der Waals surface area contributed by atoms with Crippen LogP contribution in [0.1, 0.15) is 20.8 Å². The lowest BCUT2D eigenvalue weighted by Gasteiger charge is -2.41. The van der Waals surface area contributed by atoms with Crippen molar-refractivity contribution in [3.8, 4) is 0 Å². The molecule has 0 atom stereocenters. The molecular weight excluding hydrogens is 269 g/mol. The zero-order chi connectivity index (χ0) is 14.2. The second-order valence-corrected chi connectivity index (χ2v) is 7.40. The molecule has 0 aromatic carbocycles. The monoisotopic (exact) mass is 288 g/mol. The summed E-state index contributed by atoms with van der Waals surface area (Å²) in [7, 11) is -4.23. The van der Waals surface area contributed by atoms with Crippen LogP contribution in [0.2, 0.25) is 0 Å². The van der Waals surface area contributed by atoms with Gasteiger partial charge in [0.1, 0.15) is 0 Å². The average Bonchev–Trinajstić information content (AvgIpc) is 2.13. The molecule has 1 rings (SSSR count). The van der Waals surface area contributed by atoms with Crippen molar-refractivity contribution >= 4 is 10.0 Å². The third-order valence-electron chi connectivity index (χ3n) is 2.93. The van der Waals surface area contributed by atoms with E-state index in [9.17, 15) is 21.6 Å². The Hall–Kier alpha value is -0.340. The predicted molar refractivity (Wildman–Crippen MR) is 62.7 cm³/mol. The summed E-state index contributed by atoms with van der Waals surface area (Å²) in [4.78, 5) is 2.06. The summed E-state index contributed by atoms with van der Waals surface area (Å²) in [5.74, 6) is -1.77. The molecule has 1 aliphatic rings. The van der Waals surface area contributed by atoms with Crippen LogP contribution in [0.4, 0.5) is 13.2 Å². The van der Waals surface area contributed by atoms with Crippen LogP contribution in [0, 0.1) is 0 Å². The van der Waals surface area contributed by atoms with Gasteiger partial charge in [0.25, 0.3) is 0 Å². The molecule has 108 valence electrons. The highest BCUT2D eigenvalue weighted by Crippen LogP contribution is 2.22. The Bertz CT molecular complexity index is 379. The van der Waals surface area contributed by atoms with Crippen molar-refractivity contribution in [3.05, 3.63) is 0 Å². The molecule has 0 amide bonds. The van der Waals surface area contributed by atoms with Crippen LogP contribution < -0.4 is 0 Å².